The number of rotatable bonds is 4. The Hall–Kier alpha value is -0.560. The van der Waals surface area contributed by atoms with Gasteiger partial charge in [0.2, 0.25) is 0 Å². The molecule has 1 nitrogen and oxygen atoms in total. The number of aliphatic hydroxyl groups excluding tert-OH is 1. The van der Waals surface area contributed by atoms with E-state index in [1.165, 1.54) is 38.5 Å². The molecule has 0 aromatic carbocycles. The van der Waals surface area contributed by atoms with Crippen LogP contribution in [0.1, 0.15) is 100 Å². The van der Waals surface area contributed by atoms with Crippen molar-refractivity contribution in [2.24, 2.45) is 58.2 Å². The first-order chi connectivity index (χ1) is 14.5. The monoisotopic (exact) mass is 426 g/mol. The van der Waals surface area contributed by atoms with Gasteiger partial charge in [-0.3, -0.25) is 0 Å². The van der Waals surface area contributed by atoms with Crippen molar-refractivity contribution in [1.82, 2.24) is 0 Å². The van der Waals surface area contributed by atoms with E-state index in [-0.39, 0.29) is 6.10 Å². The SMILES string of the molecule is C/C(=C\[C@@H](C)[C@H]1CC[C@H]2C3=CC[C@H]4[C@H](C)[C@@H](O)CC[C@]4(C)[C@H]3CC[C@]12C)[C@H](C)C(C)C. The van der Waals surface area contributed by atoms with Crippen LogP contribution < -0.4 is 0 Å². The lowest BCUT2D eigenvalue weighted by Gasteiger charge is -2.59. The molecular formula is C30H50O. The Bertz CT molecular complexity index is 731. The molecule has 4 aliphatic carbocycles. The van der Waals surface area contributed by atoms with Crippen LogP contribution in [0.15, 0.2) is 23.3 Å². The molecule has 1 N–H and O–H groups in total. The molecule has 0 aliphatic heterocycles. The van der Waals surface area contributed by atoms with Crippen LogP contribution in [0.2, 0.25) is 0 Å². The van der Waals surface area contributed by atoms with E-state index < -0.39 is 0 Å². The first-order valence-electron chi connectivity index (χ1n) is 13.6. The van der Waals surface area contributed by atoms with E-state index in [1.807, 2.05) is 5.57 Å². The third-order valence-electron chi connectivity index (χ3n) is 11.5. The lowest BCUT2D eigenvalue weighted by Crippen LogP contribution is -2.52. The molecule has 0 radical (unpaired) electrons. The third-order valence-corrected chi connectivity index (χ3v) is 11.5. The summed E-state index contributed by atoms with van der Waals surface area (Å²) in [7, 11) is 0. The van der Waals surface area contributed by atoms with Gasteiger partial charge in [0.1, 0.15) is 0 Å². The van der Waals surface area contributed by atoms with Crippen molar-refractivity contribution in [2.45, 2.75) is 106 Å². The molecule has 3 saturated carbocycles. The molecule has 0 amide bonds. The predicted molar refractivity (Wildman–Crippen MR) is 133 cm³/mol. The number of allylic oxidation sites excluding steroid dienone is 4. The minimum atomic E-state index is -0.0816. The van der Waals surface area contributed by atoms with Gasteiger partial charge in [-0.1, -0.05) is 71.8 Å². The molecule has 0 unspecified atom stereocenters. The van der Waals surface area contributed by atoms with E-state index in [0.717, 1.165) is 30.1 Å². The van der Waals surface area contributed by atoms with E-state index in [1.54, 1.807) is 5.57 Å². The molecule has 0 bridgehead atoms. The van der Waals surface area contributed by atoms with Crippen molar-refractivity contribution < 1.29 is 5.11 Å². The highest BCUT2D eigenvalue weighted by molar-refractivity contribution is 5.28. The Morgan fingerprint density at radius 1 is 1.00 bits per heavy atom. The minimum absolute atomic E-state index is 0.0816. The Morgan fingerprint density at radius 2 is 1.65 bits per heavy atom. The van der Waals surface area contributed by atoms with Gasteiger partial charge in [0, 0.05) is 0 Å². The molecule has 4 rings (SSSR count). The number of aliphatic hydroxyl groups is 1. The zero-order valence-electron chi connectivity index (χ0n) is 21.7. The van der Waals surface area contributed by atoms with Crippen molar-refractivity contribution >= 4 is 0 Å². The molecule has 10 atom stereocenters. The van der Waals surface area contributed by atoms with Gasteiger partial charge >= 0.3 is 0 Å². The average molecular weight is 427 g/mol. The summed E-state index contributed by atoms with van der Waals surface area (Å²) in [5.74, 6) is 5.62. The van der Waals surface area contributed by atoms with Gasteiger partial charge in [0.25, 0.3) is 0 Å². The Morgan fingerprint density at radius 3 is 2.32 bits per heavy atom. The molecule has 0 aromatic heterocycles. The summed E-state index contributed by atoms with van der Waals surface area (Å²) in [6, 6.07) is 0. The fraction of sp³-hybridized carbons (Fsp3) is 0.867. The Kier molecular flexibility index (Phi) is 6.35. The first kappa shape index (κ1) is 23.6. The molecule has 4 aliphatic rings. The van der Waals surface area contributed by atoms with Gasteiger partial charge in [-0.15, -0.1) is 0 Å². The van der Waals surface area contributed by atoms with Crippen molar-refractivity contribution in [3.05, 3.63) is 23.3 Å². The smallest absolute Gasteiger partial charge is 0.0568 e. The molecule has 176 valence electrons. The summed E-state index contributed by atoms with van der Waals surface area (Å²) in [6.45, 7) is 19.6. The van der Waals surface area contributed by atoms with Crippen LogP contribution >= 0.6 is 0 Å². The summed E-state index contributed by atoms with van der Waals surface area (Å²) in [5.41, 5.74) is 4.34. The Labute approximate surface area is 193 Å². The Balaban J connectivity index is 1.58. The van der Waals surface area contributed by atoms with Crippen LogP contribution in [0, 0.1) is 58.2 Å². The summed E-state index contributed by atoms with van der Waals surface area (Å²) >= 11 is 0. The van der Waals surface area contributed by atoms with Gasteiger partial charge in [0.15, 0.2) is 0 Å². The van der Waals surface area contributed by atoms with E-state index in [9.17, 15) is 5.11 Å². The maximum Gasteiger partial charge on any atom is 0.0568 e. The minimum Gasteiger partial charge on any atom is -0.393 e. The second kappa shape index (κ2) is 8.34. The largest absolute Gasteiger partial charge is 0.393 e. The molecule has 0 spiro atoms. The van der Waals surface area contributed by atoms with Crippen LogP contribution in [-0.4, -0.2) is 11.2 Å². The van der Waals surface area contributed by atoms with Gasteiger partial charge in [0.05, 0.1) is 6.10 Å². The van der Waals surface area contributed by atoms with Gasteiger partial charge in [-0.25, -0.2) is 0 Å². The maximum atomic E-state index is 10.5. The second-order valence-corrected chi connectivity index (χ2v) is 13.2. The van der Waals surface area contributed by atoms with E-state index in [4.69, 9.17) is 0 Å². The summed E-state index contributed by atoms with van der Waals surface area (Å²) in [6.07, 6.45) is 14.3. The van der Waals surface area contributed by atoms with Crippen LogP contribution in [0.5, 0.6) is 0 Å². The number of hydrogen-bond acceptors (Lipinski definition) is 1. The van der Waals surface area contributed by atoms with Crippen LogP contribution in [-0.2, 0) is 0 Å². The molecular weight excluding hydrogens is 376 g/mol. The van der Waals surface area contributed by atoms with Gasteiger partial charge in [-0.2, -0.15) is 0 Å². The molecule has 1 heteroatoms. The number of fused-ring (bicyclic) bond motifs is 5. The van der Waals surface area contributed by atoms with Crippen LogP contribution in [0.4, 0.5) is 0 Å². The lowest BCUT2D eigenvalue weighted by molar-refractivity contribution is -0.0767. The van der Waals surface area contributed by atoms with Crippen molar-refractivity contribution in [3.8, 4) is 0 Å². The average Bonchev–Trinajstić information content (AvgIpc) is 3.07. The van der Waals surface area contributed by atoms with Crippen LogP contribution in [0.25, 0.3) is 0 Å². The van der Waals surface area contributed by atoms with E-state index in [2.05, 4.69) is 67.5 Å². The third kappa shape index (κ3) is 3.70. The summed E-state index contributed by atoms with van der Waals surface area (Å²) < 4.78 is 0. The molecule has 3 fully saturated rings. The highest BCUT2D eigenvalue weighted by Crippen LogP contribution is 2.67. The summed E-state index contributed by atoms with van der Waals surface area (Å²) in [4.78, 5) is 0. The molecule has 0 aromatic rings. The quantitative estimate of drug-likeness (QED) is 0.451. The number of hydrogen-bond donors (Lipinski definition) is 1. The van der Waals surface area contributed by atoms with Crippen molar-refractivity contribution in [2.75, 3.05) is 0 Å². The topological polar surface area (TPSA) is 20.2 Å². The van der Waals surface area contributed by atoms with Crippen molar-refractivity contribution in [3.63, 3.8) is 0 Å². The predicted octanol–water partition coefficient (Wildman–Crippen LogP) is 8.05. The molecule has 0 saturated heterocycles. The maximum absolute atomic E-state index is 10.5. The normalized spacial score (nSPS) is 47.3. The second-order valence-electron chi connectivity index (χ2n) is 13.2. The van der Waals surface area contributed by atoms with E-state index >= 15 is 0 Å². The molecule has 0 heterocycles. The van der Waals surface area contributed by atoms with Gasteiger partial charge < -0.3 is 5.11 Å². The van der Waals surface area contributed by atoms with E-state index in [0.29, 0.717) is 34.5 Å². The molecule has 31 heavy (non-hydrogen) atoms. The zero-order chi connectivity index (χ0) is 22.7. The van der Waals surface area contributed by atoms with Crippen LogP contribution in [0.3, 0.4) is 0 Å². The summed E-state index contributed by atoms with van der Waals surface area (Å²) in [5, 5.41) is 10.5. The highest BCUT2D eigenvalue weighted by Gasteiger charge is 2.59. The van der Waals surface area contributed by atoms with Crippen molar-refractivity contribution in [1.29, 1.82) is 0 Å². The highest BCUT2D eigenvalue weighted by atomic mass is 16.3. The lowest BCUT2D eigenvalue weighted by atomic mass is 9.46. The fourth-order valence-corrected chi connectivity index (χ4v) is 9.06. The van der Waals surface area contributed by atoms with Gasteiger partial charge in [-0.05, 0) is 110 Å². The standard InChI is InChI=1S/C30H50O/c1-18(2)21(5)19(3)17-20(4)24-11-12-26-23-9-10-25-22(6)28(31)14-16-30(25,8)27(23)13-15-29(24,26)7/h9,17-18,20-22,24-28,31H,10-16H2,1-8H3/b19-17+/t20-,21-,22+,24-,25+,26+,27+,28+,29-,30+/m1/s1. The fourth-order valence-electron chi connectivity index (χ4n) is 9.06. The zero-order valence-corrected chi connectivity index (χ0v) is 21.7. The first-order valence-corrected chi connectivity index (χ1v) is 13.6.